The Morgan fingerprint density at radius 1 is 0.773 bits per heavy atom. The van der Waals surface area contributed by atoms with Crippen molar-refractivity contribution < 1.29 is 10.2 Å². The van der Waals surface area contributed by atoms with Crippen molar-refractivity contribution in [2.75, 3.05) is 0 Å². The van der Waals surface area contributed by atoms with E-state index in [9.17, 15) is 10.2 Å². The van der Waals surface area contributed by atoms with Crippen LogP contribution in [0.3, 0.4) is 0 Å². The molecule has 0 aliphatic rings. The molecule has 118 valence electrons. The van der Waals surface area contributed by atoms with E-state index < -0.39 is 0 Å². The highest BCUT2D eigenvalue weighted by molar-refractivity contribution is 6.32. The predicted octanol–water partition coefficient (Wildman–Crippen LogP) is 6.09. The molecule has 2 nitrogen and oxygen atoms in total. The van der Waals surface area contributed by atoms with Gasteiger partial charge in [-0.05, 0) is 60.1 Å². The Morgan fingerprint density at radius 3 is 1.41 bits per heavy atom. The Labute approximate surface area is 141 Å². The lowest BCUT2D eigenvalue weighted by atomic mass is 9.78. The van der Waals surface area contributed by atoms with Gasteiger partial charge in [-0.3, -0.25) is 0 Å². The molecule has 0 aromatic heterocycles. The van der Waals surface area contributed by atoms with Gasteiger partial charge in [-0.15, -0.1) is 0 Å². The Bertz CT molecular complexity index is 598. The van der Waals surface area contributed by atoms with Crippen LogP contribution in [0.1, 0.15) is 49.7 Å². The zero-order valence-corrected chi connectivity index (χ0v) is 14.2. The number of halogens is 2. The van der Waals surface area contributed by atoms with Crippen molar-refractivity contribution in [2.24, 2.45) is 0 Å². The second kappa shape index (κ2) is 7.26. The summed E-state index contributed by atoms with van der Waals surface area (Å²) < 4.78 is 0. The molecule has 0 fully saturated rings. The number of phenols is 2. The molecule has 0 bridgehead atoms. The van der Waals surface area contributed by atoms with Crippen LogP contribution in [0.5, 0.6) is 11.5 Å². The van der Waals surface area contributed by atoms with Crippen LogP contribution in [0, 0.1) is 0 Å². The average Bonchev–Trinajstić information content (AvgIpc) is 2.50. The van der Waals surface area contributed by atoms with Gasteiger partial charge in [-0.25, -0.2) is 0 Å². The normalized spacial score (nSPS) is 13.8. The number of hydrogen-bond donors (Lipinski definition) is 2. The first-order valence-electron chi connectivity index (χ1n) is 7.44. The van der Waals surface area contributed by atoms with Crippen LogP contribution in [0.4, 0.5) is 0 Å². The zero-order valence-electron chi connectivity index (χ0n) is 12.7. The molecule has 2 aromatic rings. The van der Waals surface area contributed by atoms with Gasteiger partial charge in [0.05, 0.1) is 10.0 Å². The third-order valence-corrected chi connectivity index (χ3v) is 4.77. The maximum atomic E-state index is 9.60. The largest absolute Gasteiger partial charge is 0.506 e. The van der Waals surface area contributed by atoms with E-state index in [4.69, 9.17) is 23.2 Å². The summed E-state index contributed by atoms with van der Waals surface area (Å²) in [7, 11) is 0. The molecule has 0 amide bonds. The van der Waals surface area contributed by atoms with E-state index in [1.54, 1.807) is 12.1 Å². The van der Waals surface area contributed by atoms with E-state index in [2.05, 4.69) is 13.8 Å². The first-order valence-corrected chi connectivity index (χ1v) is 8.20. The number of hydrogen-bond acceptors (Lipinski definition) is 2. The Hall–Kier alpha value is -1.38. The fraction of sp³-hybridized carbons (Fsp3) is 0.333. The van der Waals surface area contributed by atoms with Gasteiger partial charge >= 0.3 is 0 Å². The highest BCUT2D eigenvalue weighted by Gasteiger charge is 2.23. The van der Waals surface area contributed by atoms with Crippen molar-refractivity contribution in [1.29, 1.82) is 0 Å². The van der Waals surface area contributed by atoms with Crippen molar-refractivity contribution in [1.82, 2.24) is 0 Å². The molecule has 0 saturated carbocycles. The van der Waals surface area contributed by atoms with Crippen LogP contribution in [0.25, 0.3) is 0 Å². The topological polar surface area (TPSA) is 40.5 Å². The fourth-order valence-electron chi connectivity index (χ4n) is 3.01. The molecular formula is C18H20Cl2O2. The number of rotatable bonds is 5. The standard InChI is InChI=1S/C18H20Cl2O2/c1-3-13(11-5-7-17(21)15(19)9-11)14(4-2)12-6-8-18(22)16(20)10-12/h5-10,13-14,21-22H,3-4H2,1-2H3/t13-,14+. The first-order chi connectivity index (χ1) is 10.5. The monoisotopic (exact) mass is 338 g/mol. The minimum absolute atomic E-state index is 0.0981. The highest BCUT2D eigenvalue weighted by Crippen LogP contribution is 2.41. The third kappa shape index (κ3) is 3.50. The quantitative estimate of drug-likeness (QED) is 0.692. The van der Waals surface area contributed by atoms with Crippen LogP contribution >= 0.6 is 23.2 Å². The molecule has 0 radical (unpaired) electrons. The molecule has 2 N–H and O–H groups in total. The van der Waals surface area contributed by atoms with Gasteiger partial charge in [-0.1, -0.05) is 49.2 Å². The fourth-order valence-corrected chi connectivity index (χ4v) is 3.39. The lowest BCUT2D eigenvalue weighted by Crippen LogP contribution is -2.10. The van der Waals surface area contributed by atoms with Crippen molar-refractivity contribution >= 4 is 23.2 Å². The van der Waals surface area contributed by atoms with Crippen LogP contribution in [-0.4, -0.2) is 10.2 Å². The van der Waals surface area contributed by atoms with Crippen molar-refractivity contribution in [3.63, 3.8) is 0 Å². The van der Waals surface area contributed by atoms with Gasteiger partial charge in [0, 0.05) is 0 Å². The Kier molecular flexibility index (Phi) is 5.60. The second-order valence-corrected chi connectivity index (χ2v) is 6.27. The summed E-state index contributed by atoms with van der Waals surface area (Å²) in [4.78, 5) is 0. The summed E-state index contributed by atoms with van der Waals surface area (Å²) >= 11 is 12.1. The summed E-state index contributed by atoms with van der Waals surface area (Å²) in [6.07, 6.45) is 1.89. The maximum absolute atomic E-state index is 9.60. The van der Waals surface area contributed by atoms with E-state index in [0.29, 0.717) is 10.0 Å². The van der Waals surface area contributed by atoms with Crippen LogP contribution < -0.4 is 0 Å². The summed E-state index contributed by atoms with van der Waals surface area (Å²) in [5.74, 6) is 0.731. The predicted molar refractivity (Wildman–Crippen MR) is 92.3 cm³/mol. The van der Waals surface area contributed by atoms with E-state index in [1.807, 2.05) is 24.3 Å². The molecule has 2 atom stereocenters. The minimum atomic E-state index is 0.0981. The summed E-state index contributed by atoms with van der Waals surface area (Å²) in [5.41, 5.74) is 2.20. The van der Waals surface area contributed by atoms with Crippen LogP contribution in [-0.2, 0) is 0 Å². The summed E-state index contributed by atoms with van der Waals surface area (Å²) in [6, 6.07) is 10.8. The molecule has 0 spiro atoms. The number of aromatic hydroxyl groups is 2. The van der Waals surface area contributed by atoms with Gasteiger partial charge < -0.3 is 10.2 Å². The van der Waals surface area contributed by atoms with Gasteiger partial charge in [0.1, 0.15) is 11.5 Å². The summed E-state index contributed by atoms with van der Waals surface area (Å²) in [5, 5.41) is 19.9. The molecule has 2 aromatic carbocycles. The van der Waals surface area contributed by atoms with Crippen molar-refractivity contribution in [2.45, 2.75) is 38.5 Å². The Morgan fingerprint density at radius 2 is 1.14 bits per heavy atom. The van der Waals surface area contributed by atoms with Gasteiger partial charge in [-0.2, -0.15) is 0 Å². The third-order valence-electron chi connectivity index (χ3n) is 4.17. The Balaban J connectivity index is 2.41. The van der Waals surface area contributed by atoms with E-state index in [-0.39, 0.29) is 23.3 Å². The van der Waals surface area contributed by atoms with Gasteiger partial charge in [0.2, 0.25) is 0 Å². The zero-order chi connectivity index (χ0) is 16.3. The SMILES string of the molecule is CC[C@H](c1ccc(O)c(Cl)c1)[C@@H](CC)c1ccc(O)c(Cl)c1. The lowest BCUT2D eigenvalue weighted by molar-refractivity contribution is 0.470. The van der Waals surface area contributed by atoms with Crippen LogP contribution in [0.15, 0.2) is 36.4 Å². The maximum Gasteiger partial charge on any atom is 0.134 e. The minimum Gasteiger partial charge on any atom is -0.506 e. The molecular weight excluding hydrogens is 319 g/mol. The van der Waals surface area contributed by atoms with Gasteiger partial charge in [0.15, 0.2) is 0 Å². The van der Waals surface area contributed by atoms with Crippen molar-refractivity contribution in [3.8, 4) is 11.5 Å². The van der Waals surface area contributed by atoms with Crippen molar-refractivity contribution in [3.05, 3.63) is 57.6 Å². The number of phenolic OH excluding ortho intramolecular Hbond substituents is 2. The second-order valence-electron chi connectivity index (χ2n) is 5.45. The molecule has 0 saturated heterocycles. The molecule has 0 heterocycles. The smallest absolute Gasteiger partial charge is 0.134 e. The van der Waals surface area contributed by atoms with E-state index >= 15 is 0 Å². The van der Waals surface area contributed by atoms with Crippen LogP contribution in [0.2, 0.25) is 10.0 Å². The average molecular weight is 339 g/mol. The molecule has 0 aliphatic carbocycles. The summed E-state index contributed by atoms with van der Waals surface area (Å²) in [6.45, 7) is 4.27. The molecule has 0 unspecified atom stereocenters. The molecule has 2 rings (SSSR count). The first kappa shape index (κ1) is 17.0. The molecule has 0 aliphatic heterocycles. The van der Waals surface area contributed by atoms with E-state index in [0.717, 1.165) is 24.0 Å². The highest BCUT2D eigenvalue weighted by atomic mass is 35.5. The van der Waals surface area contributed by atoms with Gasteiger partial charge in [0.25, 0.3) is 0 Å². The number of benzene rings is 2. The lowest BCUT2D eigenvalue weighted by Gasteiger charge is -2.27. The molecule has 22 heavy (non-hydrogen) atoms. The molecule has 4 heteroatoms. The van der Waals surface area contributed by atoms with E-state index in [1.165, 1.54) is 0 Å².